The lowest BCUT2D eigenvalue weighted by Gasteiger charge is -2.34. The van der Waals surface area contributed by atoms with E-state index >= 15 is 0 Å². The third-order valence-corrected chi connectivity index (χ3v) is 6.11. The Kier molecular flexibility index (Phi) is 8.55. The highest BCUT2D eigenvalue weighted by atomic mass is 19.1. The molecule has 1 saturated heterocycles. The molecule has 31 heavy (non-hydrogen) atoms. The van der Waals surface area contributed by atoms with Crippen molar-refractivity contribution in [3.8, 4) is 17.2 Å². The first-order chi connectivity index (χ1) is 15.0. The molecule has 0 unspecified atom stereocenters. The Morgan fingerprint density at radius 2 is 1.74 bits per heavy atom. The van der Waals surface area contributed by atoms with E-state index in [2.05, 4.69) is 16.8 Å². The topological polar surface area (TPSA) is 34.2 Å². The Labute approximate surface area is 185 Å². The van der Waals surface area contributed by atoms with Crippen LogP contribution in [-0.4, -0.2) is 64.4 Å². The third-order valence-electron chi connectivity index (χ3n) is 6.11. The summed E-state index contributed by atoms with van der Waals surface area (Å²) in [5.74, 6) is 2.59. The average Bonchev–Trinajstić information content (AvgIpc) is 2.78. The molecule has 0 bridgehead atoms. The van der Waals surface area contributed by atoms with Crippen LogP contribution in [0.25, 0.3) is 0 Å². The molecule has 3 rings (SSSR count). The summed E-state index contributed by atoms with van der Waals surface area (Å²) in [5, 5.41) is 0. The molecule has 0 spiro atoms. The van der Waals surface area contributed by atoms with E-state index in [1.807, 2.05) is 18.2 Å². The monoisotopic (exact) mass is 430 g/mol. The Morgan fingerprint density at radius 3 is 2.39 bits per heavy atom. The summed E-state index contributed by atoms with van der Waals surface area (Å²) >= 11 is 0. The summed E-state index contributed by atoms with van der Waals surface area (Å²) in [5.41, 5.74) is 2.17. The lowest BCUT2D eigenvalue weighted by molar-refractivity contribution is 0.153. The van der Waals surface area contributed by atoms with Gasteiger partial charge in [-0.2, -0.15) is 0 Å². The summed E-state index contributed by atoms with van der Waals surface area (Å²) in [6.07, 6.45) is 3.29. The normalized spacial score (nSPS) is 15.3. The van der Waals surface area contributed by atoms with Crippen molar-refractivity contribution in [3.63, 3.8) is 0 Å². The van der Waals surface area contributed by atoms with Crippen molar-refractivity contribution >= 4 is 0 Å². The molecule has 170 valence electrons. The molecule has 1 aliphatic heterocycles. The van der Waals surface area contributed by atoms with Gasteiger partial charge < -0.3 is 24.0 Å². The van der Waals surface area contributed by atoms with E-state index in [-0.39, 0.29) is 5.82 Å². The predicted molar refractivity (Wildman–Crippen MR) is 122 cm³/mol. The molecule has 0 aromatic heterocycles. The van der Waals surface area contributed by atoms with Crippen LogP contribution in [0.2, 0.25) is 0 Å². The zero-order valence-corrected chi connectivity index (χ0v) is 19.2. The van der Waals surface area contributed by atoms with Crippen molar-refractivity contribution in [1.29, 1.82) is 0 Å². The van der Waals surface area contributed by atoms with Gasteiger partial charge in [-0.3, -0.25) is 0 Å². The van der Waals surface area contributed by atoms with E-state index in [1.54, 1.807) is 33.5 Å². The van der Waals surface area contributed by atoms with E-state index in [0.29, 0.717) is 17.4 Å². The highest BCUT2D eigenvalue weighted by Crippen LogP contribution is 2.40. The average molecular weight is 431 g/mol. The lowest BCUT2D eigenvalue weighted by atomic mass is 9.95. The van der Waals surface area contributed by atoms with E-state index in [0.717, 1.165) is 56.0 Å². The first-order valence-corrected chi connectivity index (χ1v) is 11.0. The molecule has 0 saturated carbocycles. The number of piperidine rings is 1. The Balaban J connectivity index is 1.47. The van der Waals surface area contributed by atoms with Gasteiger partial charge in [0, 0.05) is 25.2 Å². The minimum absolute atomic E-state index is 0.148. The van der Waals surface area contributed by atoms with Crippen LogP contribution in [0.1, 0.15) is 24.0 Å². The number of nitrogens with zero attached hydrogens (tertiary/aromatic N) is 2. The van der Waals surface area contributed by atoms with Crippen LogP contribution in [0, 0.1) is 11.7 Å². The summed E-state index contributed by atoms with van der Waals surface area (Å²) < 4.78 is 29.9. The van der Waals surface area contributed by atoms with Gasteiger partial charge in [-0.25, -0.2) is 4.39 Å². The number of rotatable bonds is 10. The van der Waals surface area contributed by atoms with Crippen LogP contribution in [0.15, 0.2) is 36.4 Å². The summed E-state index contributed by atoms with van der Waals surface area (Å²) in [6.45, 7) is 5.05. The molecule has 1 heterocycles. The van der Waals surface area contributed by atoms with Gasteiger partial charge in [-0.05, 0) is 69.1 Å². The molecule has 1 aliphatic rings. The quantitative estimate of drug-likeness (QED) is 0.563. The van der Waals surface area contributed by atoms with Crippen LogP contribution >= 0.6 is 0 Å². The molecule has 0 aliphatic carbocycles. The van der Waals surface area contributed by atoms with E-state index in [4.69, 9.17) is 14.2 Å². The summed E-state index contributed by atoms with van der Waals surface area (Å²) in [6, 6.07) is 10.9. The minimum Gasteiger partial charge on any atom is -0.493 e. The van der Waals surface area contributed by atoms with Crippen molar-refractivity contribution in [1.82, 2.24) is 9.80 Å². The fourth-order valence-corrected chi connectivity index (χ4v) is 4.46. The number of methoxy groups -OCH3 is 3. The van der Waals surface area contributed by atoms with Gasteiger partial charge in [-0.1, -0.05) is 18.2 Å². The van der Waals surface area contributed by atoms with Gasteiger partial charge in [0.15, 0.2) is 11.5 Å². The standard InChI is InChI=1S/C25H35FN2O3/c1-27(18-21-8-9-23(29-2)25(31-4)24(21)30-3)17-20-11-14-28(15-12-20)13-10-19-6-5-7-22(26)16-19/h5-9,16,20H,10-15,17-18H2,1-4H3. The largest absolute Gasteiger partial charge is 0.493 e. The maximum atomic E-state index is 13.4. The Morgan fingerprint density at radius 1 is 1.00 bits per heavy atom. The molecule has 2 aromatic rings. The number of ether oxygens (including phenoxy) is 3. The highest BCUT2D eigenvalue weighted by Gasteiger charge is 2.22. The number of halogens is 1. The minimum atomic E-state index is -0.148. The summed E-state index contributed by atoms with van der Waals surface area (Å²) in [4.78, 5) is 4.86. The lowest BCUT2D eigenvalue weighted by Crippen LogP contribution is -2.38. The third kappa shape index (κ3) is 6.34. The smallest absolute Gasteiger partial charge is 0.203 e. The first-order valence-electron chi connectivity index (χ1n) is 11.0. The zero-order valence-electron chi connectivity index (χ0n) is 19.2. The molecule has 0 radical (unpaired) electrons. The van der Waals surface area contributed by atoms with E-state index in [1.165, 1.54) is 18.9 Å². The van der Waals surface area contributed by atoms with Gasteiger partial charge >= 0.3 is 0 Å². The van der Waals surface area contributed by atoms with Crippen LogP contribution in [0.5, 0.6) is 17.2 Å². The van der Waals surface area contributed by atoms with Crippen LogP contribution in [0.3, 0.4) is 0 Å². The molecule has 2 aromatic carbocycles. The maximum absolute atomic E-state index is 13.4. The number of hydrogen-bond donors (Lipinski definition) is 0. The SMILES string of the molecule is COc1ccc(CN(C)CC2CCN(CCc3cccc(F)c3)CC2)c(OC)c1OC. The Bertz CT molecular complexity index is 838. The van der Waals surface area contributed by atoms with E-state index in [9.17, 15) is 4.39 Å². The van der Waals surface area contributed by atoms with Gasteiger partial charge in [0.25, 0.3) is 0 Å². The Hall–Kier alpha value is -2.31. The molecule has 6 heteroatoms. The van der Waals surface area contributed by atoms with Gasteiger partial charge in [-0.15, -0.1) is 0 Å². The second-order valence-electron chi connectivity index (χ2n) is 8.36. The molecular weight excluding hydrogens is 395 g/mol. The van der Waals surface area contributed by atoms with Crippen LogP contribution in [-0.2, 0) is 13.0 Å². The van der Waals surface area contributed by atoms with Crippen molar-refractivity contribution in [2.24, 2.45) is 5.92 Å². The highest BCUT2D eigenvalue weighted by molar-refractivity contribution is 5.55. The predicted octanol–water partition coefficient (Wildman–Crippen LogP) is 4.24. The van der Waals surface area contributed by atoms with Crippen LogP contribution in [0.4, 0.5) is 4.39 Å². The number of likely N-dealkylation sites (tertiary alicyclic amines) is 1. The maximum Gasteiger partial charge on any atom is 0.203 e. The van der Waals surface area contributed by atoms with Gasteiger partial charge in [0.2, 0.25) is 5.75 Å². The van der Waals surface area contributed by atoms with Crippen molar-refractivity contribution in [3.05, 3.63) is 53.3 Å². The number of hydrogen-bond acceptors (Lipinski definition) is 5. The molecule has 5 nitrogen and oxygen atoms in total. The molecule has 0 amide bonds. The van der Waals surface area contributed by atoms with Crippen molar-refractivity contribution in [2.45, 2.75) is 25.8 Å². The van der Waals surface area contributed by atoms with Gasteiger partial charge in [0.05, 0.1) is 21.3 Å². The van der Waals surface area contributed by atoms with Crippen molar-refractivity contribution < 1.29 is 18.6 Å². The second kappa shape index (κ2) is 11.3. The second-order valence-corrected chi connectivity index (χ2v) is 8.36. The zero-order chi connectivity index (χ0) is 22.2. The van der Waals surface area contributed by atoms with Crippen molar-refractivity contribution in [2.75, 3.05) is 54.6 Å². The van der Waals surface area contributed by atoms with E-state index < -0.39 is 0 Å². The molecule has 0 atom stereocenters. The molecule has 0 N–H and O–H groups in total. The fourth-order valence-electron chi connectivity index (χ4n) is 4.46. The van der Waals surface area contributed by atoms with Crippen LogP contribution < -0.4 is 14.2 Å². The summed E-state index contributed by atoms with van der Waals surface area (Å²) in [7, 11) is 7.09. The molecule has 1 fully saturated rings. The van der Waals surface area contributed by atoms with Gasteiger partial charge in [0.1, 0.15) is 5.82 Å². The molecular formula is C25H35FN2O3. The number of benzene rings is 2. The first kappa shape index (κ1) is 23.4. The fraction of sp³-hybridized carbons (Fsp3) is 0.520.